The van der Waals surface area contributed by atoms with Gasteiger partial charge in [0.2, 0.25) is 5.91 Å². The molecule has 0 bridgehead atoms. The van der Waals surface area contributed by atoms with Crippen LogP contribution in [0.2, 0.25) is 0 Å². The highest BCUT2D eigenvalue weighted by Crippen LogP contribution is 2.37. The molecule has 29 heavy (non-hydrogen) atoms. The Morgan fingerprint density at radius 1 is 1.14 bits per heavy atom. The van der Waals surface area contributed by atoms with Crippen molar-refractivity contribution in [3.8, 4) is 0 Å². The molecule has 2 amide bonds. The molecule has 1 aliphatic heterocycles. The Hall–Kier alpha value is -2.05. The quantitative estimate of drug-likeness (QED) is 0.533. The number of nitrogens with zero attached hydrogens (tertiary/aromatic N) is 1. The molecule has 0 aromatic heterocycles. The van der Waals surface area contributed by atoms with E-state index in [2.05, 4.69) is 11.9 Å². The van der Waals surface area contributed by atoms with E-state index in [-0.39, 0.29) is 29.9 Å². The molecule has 1 aliphatic rings. The van der Waals surface area contributed by atoms with Crippen LogP contribution in [-0.4, -0.2) is 53.2 Å². The molecular weight excluding hydrogens is 372 g/mol. The summed E-state index contributed by atoms with van der Waals surface area (Å²) in [5.41, 5.74) is -0.899. The zero-order valence-corrected chi connectivity index (χ0v) is 19.2. The molecule has 1 rings (SSSR count). The second kappa shape index (κ2) is 9.63. The standard InChI is InChI=1S/C22H38N2O5/c1-10-13-28-19(26)15-11-12-16(21(4,5)6)24(15)18(25)17(14(2)3)23-20(27)29-22(7,8)9/h10,14-17H,1,11-13H2,2-9H3,(H,23,27)/t15-,16+,17-/m0/s1. The van der Waals surface area contributed by atoms with Crippen LogP contribution >= 0.6 is 0 Å². The number of amides is 2. The van der Waals surface area contributed by atoms with Gasteiger partial charge in [-0.2, -0.15) is 0 Å². The first-order chi connectivity index (χ1) is 13.2. The van der Waals surface area contributed by atoms with Crippen molar-refractivity contribution < 1.29 is 23.9 Å². The average molecular weight is 411 g/mol. The maximum Gasteiger partial charge on any atom is 0.408 e. The molecule has 0 spiro atoms. The van der Waals surface area contributed by atoms with Crippen molar-refractivity contribution in [2.45, 2.75) is 92.0 Å². The van der Waals surface area contributed by atoms with Crippen LogP contribution in [0.25, 0.3) is 0 Å². The summed E-state index contributed by atoms with van der Waals surface area (Å²) in [6, 6.07) is -1.62. The van der Waals surface area contributed by atoms with Crippen LogP contribution < -0.4 is 5.32 Å². The molecule has 0 aliphatic carbocycles. The van der Waals surface area contributed by atoms with Crippen molar-refractivity contribution in [3.05, 3.63) is 12.7 Å². The van der Waals surface area contributed by atoms with Gasteiger partial charge in [-0.05, 0) is 44.9 Å². The zero-order valence-electron chi connectivity index (χ0n) is 19.2. The molecular formula is C22H38N2O5. The number of alkyl carbamates (subject to hydrolysis) is 1. The van der Waals surface area contributed by atoms with Gasteiger partial charge in [0.05, 0.1) is 0 Å². The lowest BCUT2D eigenvalue weighted by atomic mass is 9.85. The molecule has 0 aromatic rings. The van der Waals surface area contributed by atoms with Gasteiger partial charge in [-0.1, -0.05) is 47.3 Å². The smallest absolute Gasteiger partial charge is 0.408 e. The highest BCUT2D eigenvalue weighted by molar-refractivity contribution is 5.90. The summed E-state index contributed by atoms with van der Waals surface area (Å²) in [7, 11) is 0. The third kappa shape index (κ3) is 7.05. The Balaban J connectivity index is 3.16. The van der Waals surface area contributed by atoms with E-state index in [0.717, 1.165) is 0 Å². The Labute approximate surface area is 175 Å². The van der Waals surface area contributed by atoms with Gasteiger partial charge < -0.3 is 19.7 Å². The molecule has 7 nitrogen and oxygen atoms in total. The number of esters is 1. The van der Waals surface area contributed by atoms with E-state index in [0.29, 0.717) is 12.8 Å². The molecule has 0 unspecified atom stereocenters. The monoisotopic (exact) mass is 410 g/mol. The van der Waals surface area contributed by atoms with Crippen LogP contribution in [0.4, 0.5) is 4.79 Å². The molecule has 3 atom stereocenters. The van der Waals surface area contributed by atoms with Gasteiger partial charge in [0, 0.05) is 6.04 Å². The number of likely N-dealkylation sites (tertiary alicyclic amines) is 1. The number of carbonyl (C=O) groups excluding carboxylic acids is 3. The van der Waals surface area contributed by atoms with Crippen LogP contribution in [0.5, 0.6) is 0 Å². The molecule has 1 fully saturated rings. The van der Waals surface area contributed by atoms with Crippen molar-refractivity contribution in [2.75, 3.05) is 6.61 Å². The highest BCUT2D eigenvalue weighted by Gasteiger charge is 2.48. The lowest BCUT2D eigenvalue weighted by molar-refractivity contribution is -0.156. The number of nitrogens with one attached hydrogen (secondary N) is 1. The summed E-state index contributed by atoms with van der Waals surface area (Å²) in [5, 5.41) is 2.70. The summed E-state index contributed by atoms with van der Waals surface area (Å²) < 4.78 is 10.6. The van der Waals surface area contributed by atoms with E-state index in [4.69, 9.17) is 9.47 Å². The predicted molar refractivity (Wildman–Crippen MR) is 112 cm³/mol. The number of carbonyl (C=O) groups is 3. The summed E-state index contributed by atoms with van der Waals surface area (Å²) in [5.74, 6) is -0.908. The van der Waals surface area contributed by atoms with Crippen molar-refractivity contribution in [3.63, 3.8) is 0 Å². The van der Waals surface area contributed by atoms with E-state index < -0.39 is 29.7 Å². The molecule has 1 saturated heterocycles. The largest absolute Gasteiger partial charge is 0.460 e. The van der Waals surface area contributed by atoms with Crippen LogP contribution in [-0.2, 0) is 19.1 Å². The second-order valence-corrected chi connectivity index (χ2v) is 10.0. The van der Waals surface area contributed by atoms with Crippen molar-refractivity contribution >= 4 is 18.0 Å². The molecule has 166 valence electrons. The van der Waals surface area contributed by atoms with E-state index in [1.807, 2.05) is 34.6 Å². The van der Waals surface area contributed by atoms with Gasteiger partial charge in [0.15, 0.2) is 0 Å². The Kier molecular flexibility index (Phi) is 8.30. The number of hydrogen-bond acceptors (Lipinski definition) is 5. The van der Waals surface area contributed by atoms with Gasteiger partial charge >= 0.3 is 12.1 Å². The fourth-order valence-corrected chi connectivity index (χ4v) is 3.55. The minimum absolute atomic E-state index is 0.0985. The first-order valence-electron chi connectivity index (χ1n) is 10.3. The normalized spacial score (nSPS) is 20.9. The molecule has 0 aromatic carbocycles. The van der Waals surface area contributed by atoms with Crippen LogP contribution in [0, 0.1) is 11.3 Å². The van der Waals surface area contributed by atoms with Crippen LogP contribution in [0.1, 0.15) is 68.2 Å². The third-order valence-corrected chi connectivity index (χ3v) is 4.86. The lowest BCUT2D eigenvalue weighted by Crippen LogP contribution is -2.58. The van der Waals surface area contributed by atoms with Crippen molar-refractivity contribution in [1.29, 1.82) is 0 Å². The SMILES string of the molecule is C=CCOC(=O)[C@@H]1CC[C@H](C(C)(C)C)N1C(=O)[C@@H](NC(=O)OC(C)(C)C)C(C)C. The highest BCUT2D eigenvalue weighted by atomic mass is 16.6. The second-order valence-electron chi connectivity index (χ2n) is 10.0. The maximum absolute atomic E-state index is 13.6. The van der Waals surface area contributed by atoms with Crippen molar-refractivity contribution in [2.24, 2.45) is 11.3 Å². The van der Waals surface area contributed by atoms with Gasteiger partial charge in [-0.3, -0.25) is 4.79 Å². The van der Waals surface area contributed by atoms with Crippen LogP contribution in [0.15, 0.2) is 12.7 Å². The summed E-state index contributed by atoms with van der Waals surface area (Å²) in [6.07, 6.45) is 2.07. The number of rotatable bonds is 6. The van der Waals surface area contributed by atoms with Gasteiger partial charge in [-0.15, -0.1) is 0 Å². The molecule has 0 saturated carbocycles. The van der Waals surface area contributed by atoms with Crippen molar-refractivity contribution in [1.82, 2.24) is 10.2 Å². The Bertz CT molecular complexity index is 616. The summed E-state index contributed by atoms with van der Waals surface area (Å²) in [4.78, 5) is 40.1. The Morgan fingerprint density at radius 3 is 2.17 bits per heavy atom. The first-order valence-corrected chi connectivity index (χ1v) is 10.3. The van der Waals surface area contributed by atoms with Crippen LogP contribution in [0.3, 0.4) is 0 Å². The van der Waals surface area contributed by atoms with Gasteiger partial charge in [0.25, 0.3) is 0 Å². The number of hydrogen-bond donors (Lipinski definition) is 1. The molecule has 0 radical (unpaired) electrons. The molecule has 1 heterocycles. The van der Waals surface area contributed by atoms with Gasteiger partial charge in [0.1, 0.15) is 24.3 Å². The minimum atomic E-state index is -0.803. The number of ether oxygens (including phenoxy) is 2. The maximum atomic E-state index is 13.6. The lowest BCUT2D eigenvalue weighted by Gasteiger charge is -2.39. The minimum Gasteiger partial charge on any atom is -0.460 e. The third-order valence-electron chi connectivity index (χ3n) is 4.86. The fraction of sp³-hybridized carbons (Fsp3) is 0.773. The Morgan fingerprint density at radius 2 is 1.72 bits per heavy atom. The predicted octanol–water partition coefficient (Wildman–Crippen LogP) is 3.67. The van der Waals surface area contributed by atoms with E-state index in [1.54, 1.807) is 25.7 Å². The van der Waals surface area contributed by atoms with E-state index in [1.165, 1.54) is 6.08 Å². The van der Waals surface area contributed by atoms with Gasteiger partial charge in [-0.25, -0.2) is 9.59 Å². The molecule has 7 heteroatoms. The topological polar surface area (TPSA) is 84.9 Å². The summed E-state index contributed by atoms with van der Waals surface area (Å²) in [6.45, 7) is 18.8. The fourth-order valence-electron chi connectivity index (χ4n) is 3.55. The first kappa shape index (κ1) is 25.0. The zero-order chi connectivity index (χ0) is 22.6. The summed E-state index contributed by atoms with van der Waals surface area (Å²) >= 11 is 0. The molecule has 1 N–H and O–H groups in total. The van der Waals surface area contributed by atoms with E-state index >= 15 is 0 Å². The average Bonchev–Trinajstić information content (AvgIpc) is 3.00. The van der Waals surface area contributed by atoms with E-state index in [9.17, 15) is 14.4 Å².